The van der Waals surface area contributed by atoms with Gasteiger partial charge in [0.1, 0.15) is 12.0 Å². The van der Waals surface area contributed by atoms with Crippen LogP contribution >= 0.6 is 24.0 Å². The molecule has 4 rings (SSSR count). The molecule has 2 fully saturated rings. The first-order valence-electron chi connectivity index (χ1n) is 10.5. The second kappa shape index (κ2) is 10.4. The van der Waals surface area contributed by atoms with Gasteiger partial charge in [0.25, 0.3) is 0 Å². The Labute approximate surface area is 190 Å². The van der Waals surface area contributed by atoms with Crippen LogP contribution in [0.15, 0.2) is 39.9 Å². The van der Waals surface area contributed by atoms with Gasteiger partial charge in [0.15, 0.2) is 5.96 Å². The van der Waals surface area contributed by atoms with Gasteiger partial charge in [0.2, 0.25) is 5.89 Å². The molecule has 6 nitrogen and oxygen atoms in total. The molecule has 158 valence electrons. The van der Waals surface area contributed by atoms with Gasteiger partial charge in [-0.15, -0.1) is 24.0 Å². The molecule has 1 aliphatic heterocycles. The van der Waals surface area contributed by atoms with E-state index in [1.807, 2.05) is 12.1 Å². The van der Waals surface area contributed by atoms with Crippen molar-refractivity contribution in [2.75, 3.05) is 26.2 Å². The van der Waals surface area contributed by atoms with E-state index in [9.17, 15) is 0 Å². The van der Waals surface area contributed by atoms with Crippen molar-refractivity contribution in [1.29, 1.82) is 0 Å². The van der Waals surface area contributed by atoms with Gasteiger partial charge in [0.05, 0.1) is 6.54 Å². The van der Waals surface area contributed by atoms with Gasteiger partial charge in [-0.05, 0) is 57.7 Å². The Balaban J connectivity index is 0.00000240. The number of aliphatic imine (C=N–C) groups is 1. The summed E-state index contributed by atoms with van der Waals surface area (Å²) in [7, 11) is 0. The van der Waals surface area contributed by atoms with Crippen LogP contribution in [0.1, 0.15) is 37.4 Å². The number of guanidine groups is 1. The molecule has 1 aromatic heterocycles. The van der Waals surface area contributed by atoms with Crippen LogP contribution < -0.4 is 10.6 Å². The molecule has 7 heteroatoms. The van der Waals surface area contributed by atoms with Crippen LogP contribution in [-0.4, -0.2) is 48.1 Å². The van der Waals surface area contributed by atoms with Gasteiger partial charge in [-0.1, -0.05) is 17.7 Å². The highest BCUT2D eigenvalue weighted by atomic mass is 127. The summed E-state index contributed by atoms with van der Waals surface area (Å²) >= 11 is 0. The van der Waals surface area contributed by atoms with E-state index in [1.165, 1.54) is 37.9 Å². The number of nitrogens with one attached hydrogen (secondary N) is 2. The fraction of sp³-hybridized carbons (Fsp3) is 0.545. The van der Waals surface area contributed by atoms with Crippen molar-refractivity contribution in [3.8, 4) is 11.5 Å². The third kappa shape index (κ3) is 6.18. The van der Waals surface area contributed by atoms with E-state index < -0.39 is 0 Å². The molecule has 0 bridgehead atoms. The number of likely N-dealkylation sites (tertiary alicyclic amines) is 1. The third-order valence-corrected chi connectivity index (χ3v) is 5.53. The highest BCUT2D eigenvalue weighted by Crippen LogP contribution is 2.31. The van der Waals surface area contributed by atoms with Crippen LogP contribution in [0.5, 0.6) is 0 Å². The number of rotatable bonds is 7. The molecular weight excluding hydrogens is 477 g/mol. The smallest absolute Gasteiger partial charge is 0.226 e. The molecule has 2 aliphatic rings. The lowest BCUT2D eigenvalue weighted by Gasteiger charge is -2.16. The topological polar surface area (TPSA) is 65.7 Å². The van der Waals surface area contributed by atoms with Gasteiger partial charge < -0.3 is 20.0 Å². The average Bonchev–Trinajstić information content (AvgIpc) is 3.26. The molecule has 29 heavy (non-hydrogen) atoms. The normalized spacial score (nSPS) is 19.8. The molecule has 1 saturated carbocycles. The van der Waals surface area contributed by atoms with E-state index in [1.54, 1.807) is 6.26 Å². The lowest BCUT2D eigenvalue weighted by atomic mass is 10.1. The van der Waals surface area contributed by atoms with Crippen molar-refractivity contribution in [3.05, 3.63) is 41.8 Å². The minimum absolute atomic E-state index is 0. The minimum Gasteiger partial charge on any atom is -0.444 e. The maximum Gasteiger partial charge on any atom is 0.226 e. The molecule has 2 N–H and O–H groups in total. The molecular formula is C22H32IN5O. The van der Waals surface area contributed by atoms with Gasteiger partial charge in [-0.2, -0.15) is 0 Å². The molecule has 1 unspecified atom stereocenters. The maximum atomic E-state index is 5.64. The number of oxazole rings is 1. The first-order chi connectivity index (χ1) is 13.7. The largest absolute Gasteiger partial charge is 0.444 e. The van der Waals surface area contributed by atoms with E-state index >= 15 is 0 Å². The molecule has 2 heterocycles. The minimum atomic E-state index is 0. The van der Waals surface area contributed by atoms with Crippen molar-refractivity contribution in [1.82, 2.24) is 20.5 Å². The first-order valence-corrected chi connectivity index (χ1v) is 10.5. The van der Waals surface area contributed by atoms with Crippen LogP contribution in [0.4, 0.5) is 0 Å². The van der Waals surface area contributed by atoms with Crippen molar-refractivity contribution >= 4 is 29.9 Å². The zero-order valence-electron chi connectivity index (χ0n) is 17.4. The summed E-state index contributed by atoms with van der Waals surface area (Å²) in [6, 6.07) is 9.08. The van der Waals surface area contributed by atoms with Crippen LogP contribution in [0.25, 0.3) is 11.5 Å². The standard InChI is InChI=1S/C22H31N5O.HI/c1-3-23-22(24-12-17-10-11-27(14-17)20-8-9-20)25-13-19-15-28-21(26-19)18-6-4-16(2)5-7-18;/h4-7,15,17,20H,3,8-14H2,1-2H3,(H2,23,24,25);1H. The number of hydrogen-bond donors (Lipinski definition) is 2. The Bertz CT molecular complexity index is 800. The van der Waals surface area contributed by atoms with Crippen LogP contribution in [0, 0.1) is 12.8 Å². The molecule has 0 radical (unpaired) electrons. The Kier molecular flexibility index (Phi) is 7.94. The van der Waals surface area contributed by atoms with Crippen molar-refractivity contribution in [2.24, 2.45) is 10.9 Å². The summed E-state index contributed by atoms with van der Waals surface area (Å²) in [5.41, 5.74) is 3.06. The SMILES string of the molecule is CCNC(=NCc1coc(-c2ccc(C)cc2)n1)NCC1CCN(C2CC2)C1.I. The highest BCUT2D eigenvalue weighted by Gasteiger charge is 2.34. The molecule has 1 saturated heterocycles. The second-order valence-corrected chi connectivity index (χ2v) is 7.97. The van der Waals surface area contributed by atoms with Crippen LogP contribution in [-0.2, 0) is 6.54 Å². The second-order valence-electron chi connectivity index (χ2n) is 7.97. The summed E-state index contributed by atoms with van der Waals surface area (Å²) in [6.07, 6.45) is 5.78. The number of aryl methyl sites for hydroxylation is 1. The number of nitrogens with zero attached hydrogens (tertiary/aromatic N) is 3. The van der Waals surface area contributed by atoms with E-state index in [4.69, 9.17) is 9.41 Å². The Morgan fingerprint density at radius 2 is 2.00 bits per heavy atom. The molecule has 0 spiro atoms. The summed E-state index contributed by atoms with van der Waals surface area (Å²) < 4.78 is 5.64. The van der Waals surface area contributed by atoms with Gasteiger partial charge >= 0.3 is 0 Å². The van der Waals surface area contributed by atoms with Crippen molar-refractivity contribution < 1.29 is 4.42 Å². The zero-order chi connectivity index (χ0) is 19.3. The van der Waals surface area contributed by atoms with E-state index in [0.29, 0.717) is 18.4 Å². The van der Waals surface area contributed by atoms with Gasteiger partial charge in [-0.3, -0.25) is 0 Å². The number of hydrogen-bond acceptors (Lipinski definition) is 4. The van der Waals surface area contributed by atoms with Gasteiger partial charge in [0, 0.05) is 31.2 Å². The van der Waals surface area contributed by atoms with Crippen LogP contribution in [0.2, 0.25) is 0 Å². The summed E-state index contributed by atoms with van der Waals surface area (Å²) in [6.45, 7) is 8.97. The van der Waals surface area contributed by atoms with Crippen molar-refractivity contribution in [2.45, 2.75) is 45.7 Å². The summed E-state index contributed by atoms with van der Waals surface area (Å²) in [4.78, 5) is 11.9. The summed E-state index contributed by atoms with van der Waals surface area (Å²) in [5, 5.41) is 6.85. The molecule has 2 aromatic rings. The molecule has 1 aliphatic carbocycles. The monoisotopic (exact) mass is 509 g/mol. The third-order valence-electron chi connectivity index (χ3n) is 5.53. The molecule has 0 amide bonds. The predicted molar refractivity (Wildman–Crippen MR) is 128 cm³/mol. The Morgan fingerprint density at radius 3 is 2.72 bits per heavy atom. The molecule has 1 atom stereocenters. The predicted octanol–water partition coefficient (Wildman–Crippen LogP) is 3.81. The Hall–Kier alpha value is -1.61. The number of benzene rings is 1. The lowest BCUT2D eigenvalue weighted by Crippen LogP contribution is -2.40. The maximum absolute atomic E-state index is 5.64. The first kappa shape index (κ1) is 22.1. The Morgan fingerprint density at radius 1 is 1.21 bits per heavy atom. The number of halogens is 1. The summed E-state index contributed by atoms with van der Waals surface area (Å²) in [5.74, 6) is 2.21. The quantitative estimate of drug-likeness (QED) is 0.338. The highest BCUT2D eigenvalue weighted by molar-refractivity contribution is 14.0. The van der Waals surface area contributed by atoms with Crippen molar-refractivity contribution in [3.63, 3.8) is 0 Å². The van der Waals surface area contributed by atoms with E-state index in [0.717, 1.165) is 36.3 Å². The lowest BCUT2D eigenvalue weighted by molar-refractivity contribution is 0.314. The molecule has 1 aromatic carbocycles. The van der Waals surface area contributed by atoms with E-state index in [-0.39, 0.29) is 24.0 Å². The number of aromatic nitrogens is 1. The van der Waals surface area contributed by atoms with E-state index in [2.05, 4.69) is 46.5 Å². The fourth-order valence-electron chi connectivity index (χ4n) is 3.75. The van der Waals surface area contributed by atoms with Crippen LogP contribution in [0.3, 0.4) is 0 Å². The van der Waals surface area contributed by atoms with Gasteiger partial charge in [-0.25, -0.2) is 9.98 Å². The zero-order valence-corrected chi connectivity index (χ0v) is 19.7. The average molecular weight is 509 g/mol. The fourth-order valence-corrected chi connectivity index (χ4v) is 3.75.